The molecule has 0 atom stereocenters. The van der Waals surface area contributed by atoms with E-state index in [9.17, 15) is 0 Å². The van der Waals surface area contributed by atoms with E-state index >= 15 is 0 Å². The largest absolute Gasteiger partial charge is 0.445 e. The summed E-state index contributed by atoms with van der Waals surface area (Å²) >= 11 is 0. The van der Waals surface area contributed by atoms with Gasteiger partial charge in [-0.2, -0.15) is 0 Å². The standard InChI is InChI=1S/C11H18N2O/c1-11(2,7-12)10-13-8-5-3-4-6-9(8)14-10/h3-7,12H2,1-2H3. The Bertz CT molecular complexity index is 305. The smallest absolute Gasteiger partial charge is 0.201 e. The number of oxazole rings is 1. The molecule has 3 nitrogen and oxygen atoms in total. The number of hydrogen-bond donors (Lipinski definition) is 1. The van der Waals surface area contributed by atoms with E-state index in [1.807, 2.05) is 0 Å². The molecule has 0 spiro atoms. The summed E-state index contributed by atoms with van der Waals surface area (Å²) in [6.45, 7) is 4.72. The molecule has 1 aromatic heterocycles. The van der Waals surface area contributed by atoms with Gasteiger partial charge in [0.1, 0.15) is 5.76 Å². The van der Waals surface area contributed by atoms with Gasteiger partial charge in [-0.25, -0.2) is 4.98 Å². The molecular formula is C11H18N2O. The number of aromatic nitrogens is 1. The van der Waals surface area contributed by atoms with Gasteiger partial charge in [-0.15, -0.1) is 0 Å². The summed E-state index contributed by atoms with van der Waals surface area (Å²) in [6, 6.07) is 0. The van der Waals surface area contributed by atoms with Crippen molar-refractivity contribution in [2.75, 3.05) is 6.54 Å². The average Bonchev–Trinajstić information content (AvgIpc) is 2.61. The zero-order chi connectivity index (χ0) is 10.2. The summed E-state index contributed by atoms with van der Waals surface area (Å²) in [5.41, 5.74) is 6.73. The molecule has 1 aliphatic rings. The Balaban J connectivity index is 2.32. The lowest BCUT2D eigenvalue weighted by Gasteiger charge is -2.17. The number of hydrogen-bond acceptors (Lipinski definition) is 3. The van der Waals surface area contributed by atoms with Crippen molar-refractivity contribution < 1.29 is 4.42 Å². The number of rotatable bonds is 2. The molecule has 1 aliphatic carbocycles. The molecule has 0 fully saturated rings. The predicted octanol–water partition coefficient (Wildman–Crippen LogP) is 1.79. The van der Waals surface area contributed by atoms with E-state index in [0.29, 0.717) is 6.54 Å². The molecule has 0 radical (unpaired) electrons. The maximum atomic E-state index is 5.77. The first-order valence-corrected chi connectivity index (χ1v) is 5.32. The molecule has 0 aromatic carbocycles. The van der Waals surface area contributed by atoms with E-state index in [0.717, 1.165) is 30.2 Å². The van der Waals surface area contributed by atoms with E-state index in [1.165, 1.54) is 12.8 Å². The van der Waals surface area contributed by atoms with Crippen molar-refractivity contribution in [3.8, 4) is 0 Å². The van der Waals surface area contributed by atoms with E-state index in [4.69, 9.17) is 10.2 Å². The van der Waals surface area contributed by atoms with E-state index in [1.54, 1.807) is 0 Å². The number of nitrogens with two attached hydrogens (primary N) is 1. The summed E-state index contributed by atoms with van der Waals surface area (Å²) in [5.74, 6) is 1.90. The first-order chi connectivity index (χ1) is 6.63. The fourth-order valence-electron chi connectivity index (χ4n) is 1.73. The molecule has 0 saturated heterocycles. The van der Waals surface area contributed by atoms with Crippen LogP contribution in [-0.4, -0.2) is 11.5 Å². The van der Waals surface area contributed by atoms with E-state index in [-0.39, 0.29) is 5.41 Å². The third kappa shape index (κ3) is 1.57. The summed E-state index contributed by atoms with van der Waals surface area (Å²) in [5, 5.41) is 0. The van der Waals surface area contributed by atoms with Gasteiger partial charge in [0.25, 0.3) is 0 Å². The highest BCUT2D eigenvalue weighted by molar-refractivity contribution is 5.16. The summed E-state index contributed by atoms with van der Waals surface area (Å²) in [7, 11) is 0. The molecular weight excluding hydrogens is 176 g/mol. The van der Waals surface area contributed by atoms with Crippen molar-refractivity contribution in [1.29, 1.82) is 0 Å². The number of nitrogens with zero attached hydrogens (tertiary/aromatic N) is 1. The molecule has 1 aromatic rings. The van der Waals surface area contributed by atoms with Crippen molar-refractivity contribution >= 4 is 0 Å². The second-order valence-corrected chi connectivity index (χ2v) is 4.68. The van der Waals surface area contributed by atoms with Crippen LogP contribution in [-0.2, 0) is 18.3 Å². The molecule has 0 aliphatic heterocycles. The lowest BCUT2D eigenvalue weighted by atomic mass is 9.94. The van der Waals surface area contributed by atoms with Gasteiger partial charge < -0.3 is 10.2 Å². The lowest BCUT2D eigenvalue weighted by molar-refractivity contribution is 0.354. The third-order valence-corrected chi connectivity index (χ3v) is 2.93. The van der Waals surface area contributed by atoms with Gasteiger partial charge in [-0.05, 0) is 33.1 Å². The van der Waals surface area contributed by atoms with E-state index in [2.05, 4.69) is 18.8 Å². The van der Waals surface area contributed by atoms with Gasteiger partial charge in [0.15, 0.2) is 0 Å². The Morgan fingerprint density at radius 1 is 1.36 bits per heavy atom. The molecule has 3 heteroatoms. The van der Waals surface area contributed by atoms with Crippen LogP contribution in [0.1, 0.15) is 44.0 Å². The van der Waals surface area contributed by atoms with Crippen LogP contribution in [0.3, 0.4) is 0 Å². The molecule has 0 unspecified atom stereocenters. The zero-order valence-electron chi connectivity index (χ0n) is 8.97. The van der Waals surface area contributed by atoms with Crippen LogP contribution < -0.4 is 5.73 Å². The minimum absolute atomic E-state index is 0.128. The average molecular weight is 194 g/mol. The molecule has 0 saturated carbocycles. The van der Waals surface area contributed by atoms with Gasteiger partial charge in [0, 0.05) is 13.0 Å². The quantitative estimate of drug-likeness (QED) is 0.781. The van der Waals surface area contributed by atoms with Crippen molar-refractivity contribution in [2.45, 2.75) is 44.9 Å². The van der Waals surface area contributed by atoms with Crippen molar-refractivity contribution in [3.05, 3.63) is 17.3 Å². The Hall–Kier alpha value is -0.830. The molecule has 2 rings (SSSR count). The van der Waals surface area contributed by atoms with Crippen molar-refractivity contribution in [3.63, 3.8) is 0 Å². The first kappa shape index (κ1) is 9.71. The number of fused-ring (bicyclic) bond motifs is 1. The summed E-state index contributed by atoms with van der Waals surface area (Å²) < 4.78 is 5.77. The highest BCUT2D eigenvalue weighted by atomic mass is 16.4. The monoisotopic (exact) mass is 194 g/mol. The molecule has 2 N–H and O–H groups in total. The van der Waals surface area contributed by atoms with Gasteiger partial charge in [-0.3, -0.25) is 0 Å². The van der Waals surface area contributed by atoms with Crippen LogP contribution in [0.15, 0.2) is 4.42 Å². The zero-order valence-corrected chi connectivity index (χ0v) is 8.97. The van der Waals surface area contributed by atoms with Gasteiger partial charge in [0.2, 0.25) is 5.89 Å². The topological polar surface area (TPSA) is 52.0 Å². The summed E-state index contributed by atoms with van der Waals surface area (Å²) in [6.07, 6.45) is 4.58. The van der Waals surface area contributed by atoms with Crippen LogP contribution >= 0.6 is 0 Å². The fourth-order valence-corrected chi connectivity index (χ4v) is 1.73. The molecule has 0 amide bonds. The fraction of sp³-hybridized carbons (Fsp3) is 0.727. The SMILES string of the molecule is CC(C)(CN)c1nc2c(o1)CCCC2. The first-order valence-electron chi connectivity index (χ1n) is 5.32. The second kappa shape index (κ2) is 3.39. The van der Waals surface area contributed by atoms with Gasteiger partial charge in [0.05, 0.1) is 11.1 Å². The molecule has 78 valence electrons. The van der Waals surface area contributed by atoms with Crippen LogP contribution in [0, 0.1) is 0 Å². The normalized spacial score (nSPS) is 16.8. The lowest BCUT2D eigenvalue weighted by Crippen LogP contribution is -2.28. The highest BCUT2D eigenvalue weighted by Crippen LogP contribution is 2.27. The third-order valence-electron chi connectivity index (χ3n) is 2.93. The van der Waals surface area contributed by atoms with Gasteiger partial charge in [-0.1, -0.05) is 0 Å². The Kier molecular flexibility index (Phi) is 2.35. The minimum Gasteiger partial charge on any atom is -0.445 e. The van der Waals surface area contributed by atoms with Gasteiger partial charge >= 0.3 is 0 Å². The molecule has 0 bridgehead atoms. The van der Waals surface area contributed by atoms with E-state index < -0.39 is 0 Å². The van der Waals surface area contributed by atoms with Crippen molar-refractivity contribution in [1.82, 2.24) is 4.98 Å². The Labute approximate surface area is 84.7 Å². The summed E-state index contributed by atoms with van der Waals surface area (Å²) in [4.78, 5) is 4.55. The Morgan fingerprint density at radius 3 is 2.71 bits per heavy atom. The van der Waals surface area contributed by atoms with Crippen LogP contribution in [0.4, 0.5) is 0 Å². The van der Waals surface area contributed by atoms with Crippen LogP contribution in [0.5, 0.6) is 0 Å². The maximum Gasteiger partial charge on any atom is 0.201 e. The predicted molar refractivity (Wildman–Crippen MR) is 55.2 cm³/mol. The minimum atomic E-state index is -0.128. The Morgan fingerprint density at radius 2 is 2.07 bits per heavy atom. The second-order valence-electron chi connectivity index (χ2n) is 4.68. The number of aryl methyl sites for hydroxylation is 2. The van der Waals surface area contributed by atoms with Crippen LogP contribution in [0.2, 0.25) is 0 Å². The highest BCUT2D eigenvalue weighted by Gasteiger charge is 2.27. The maximum absolute atomic E-state index is 5.77. The van der Waals surface area contributed by atoms with Crippen LogP contribution in [0.25, 0.3) is 0 Å². The molecule has 14 heavy (non-hydrogen) atoms. The van der Waals surface area contributed by atoms with Crippen molar-refractivity contribution in [2.24, 2.45) is 5.73 Å². The molecule has 1 heterocycles.